The van der Waals surface area contributed by atoms with Gasteiger partial charge in [-0.3, -0.25) is 14.7 Å². The second kappa shape index (κ2) is 12.1. The van der Waals surface area contributed by atoms with Gasteiger partial charge in [0.05, 0.1) is 0 Å². The first-order valence-electron chi connectivity index (χ1n) is 12.5. The van der Waals surface area contributed by atoms with Crippen molar-refractivity contribution >= 4 is 33.5 Å². The monoisotopic (exact) mass is 541 g/mol. The number of carbonyl (C=O) groups excluding carboxylic acids is 1. The number of aromatic nitrogens is 1. The topological polar surface area (TPSA) is 36.4 Å². The van der Waals surface area contributed by atoms with E-state index in [2.05, 4.69) is 44.9 Å². The molecule has 0 bridgehead atoms. The lowest BCUT2D eigenvalue weighted by Crippen LogP contribution is -2.30. The molecular weight excluding hydrogens is 505 g/mol. The first kappa shape index (κ1) is 27.3. The Labute approximate surface area is 218 Å². The summed E-state index contributed by atoms with van der Waals surface area (Å²) in [6, 6.07) is 5.30. The van der Waals surface area contributed by atoms with Gasteiger partial charge in [0.15, 0.2) is 0 Å². The lowest BCUT2D eigenvalue weighted by atomic mass is 9.90. The van der Waals surface area contributed by atoms with E-state index < -0.39 is 0 Å². The van der Waals surface area contributed by atoms with Gasteiger partial charge >= 0.3 is 0 Å². The molecule has 4 rings (SSSR count). The number of hydrogen-bond donors (Lipinski definition) is 0. The lowest BCUT2D eigenvalue weighted by Gasteiger charge is -2.28. The van der Waals surface area contributed by atoms with Crippen LogP contribution in [0.25, 0.3) is 11.6 Å². The molecule has 0 unspecified atom stereocenters. The Kier molecular flexibility index (Phi) is 9.42. The van der Waals surface area contributed by atoms with Crippen LogP contribution >= 0.6 is 15.9 Å². The van der Waals surface area contributed by atoms with E-state index in [9.17, 15) is 4.79 Å². The lowest BCUT2D eigenvalue weighted by molar-refractivity contribution is 0.0827. The van der Waals surface area contributed by atoms with Crippen molar-refractivity contribution in [2.45, 2.75) is 52.9 Å². The normalized spacial score (nSPS) is 16.3. The van der Waals surface area contributed by atoms with E-state index >= 15 is 4.39 Å². The van der Waals surface area contributed by atoms with Gasteiger partial charge in [-0.1, -0.05) is 47.5 Å². The van der Waals surface area contributed by atoms with Crippen LogP contribution in [0.4, 0.5) is 4.39 Å². The highest BCUT2D eigenvalue weighted by Gasteiger charge is 2.31. The summed E-state index contributed by atoms with van der Waals surface area (Å²) in [4.78, 5) is 20.7. The van der Waals surface area contributed by atoms with Crippen LogP contribution < -0.4 is 0 Å². The largest absolute Gasteiger partial charge is 0.345 e. The zero-order chi connectivity index (χ0) is 25.7. The minimum Gasteiger partial charge on any atom is -0.345 e. The number of pyridine rings is 1. The summed E-state index contributed by atoms with van der Waals surface area (Å²) in [5.74, 6) is -0.0455. The molecule has 0 spiro atoms. The maximum atomic E-state index is 15.3. The average Bonchev–Trinajstić information content (AvgIpc) is 3.68. The fourth-order valence-corrected chi connectivity index (χ4v) is 5.03. The standard InChI is InChI=1S/C27H31BrFN3O.C2H6/c1-17(13-22-18(2)30-10-7-24(22)28)16-32-11-8-20(9-12-32)26-23(19-5-6-19)14-21(15-25(26)29)27(33)31(3)4;1-2/h7-8,10,13-15,19H,5-6,9,11-12,16H2,1-4H3;1-2H3/b17-13+;. The minimum absolute atomic E-state index is 0.149. The first-order chi connectivity index (χ1) is 16.7. The van der Waals surface area contributed by atoms with Crippen LogP contribution in [-0.4, -0.2) is 54.4 Å². The molecular formula is C29H37BrFN3O. The second-order valence-corrected chi connectivity index (χ2v) is 10.2. The van der Waals surface area contributed by atoms with E-state index in [0.717, 1.165) is 71.3 Å². The zero-order valence-electron chi connectivity index (χ0n) is 21.8. The SMILES string of the molecule is C/C(=C\c1c(Br)ccnc1C)CN1CC=C(c2c(F)cc(C(=O)N(C)C)cc2C2CC2)CC1.CC. The quantitative estimate of drug-likeness (QED) is 0.391. The number of nitrogens with zero attached hydrogens (tertiary/aromatic N) is 3. The average molecular weight is 543 g/mol. The van der Waals surface area contributed by atoms with Crippen LogP contribution in [0.1, 0.15) is 78.7 Å². The van der Waals surface area contributed by atoms with E-state index in [4.69, 9.17) is 0 Å². The number of halogens is 2. The zero-order valence-corrected chi connectivity index (χ0v) is 23.4. The number of benzene rings is 1. The van der Waals surface area contributed by atoms with Gasteiger partial charge in [-0.15, -0.1) is 0 Å². The molecule has 2 aliphatic rings. The smallest absolute Gasteiger partial charge is 0.253 e. The summed E-state index contributed by atoms with van der Waals surface area (Å²) in [6.07, 6.45) is 9.11. The highest BCUT2D eigenvalue weighted by molar-refractivity contribution is 9.10. The molecule has 0 atom stereocenters. The molecule has 0 saturated heterocycles. The fourth-order valence-electron chi connectivity index (χ4n) is 4.51. The van der Waals surface area contributed by atoms with E-state index in [1.165, 1.54) is 16.5 Å². The Morgan fingerprint density at radius 1 is 1.29 bits per heavy atom. The molecule has 0 radical (unpaired) electrons. The van der Waals surface area contributed by atoms with Crippen molar-refractivity contribution in [1.29, 1.82) is 0 Å². The third-order valence-electron chi connectivity index (χ3n) is 6.41. The third-order valence-corrected chi connectivity index (χ3v) is 7.10. The highest BCUT2D eigenvalue weighted by Crippen LogP contribution is 2.45. The summed E-state index contributed by atoms with van der Waals surface area (Å²) in [7, 11) is 3.40. The second-order valence-electron chi connectivity index (χ2n) is 9.39. The molecule has 35 heavy (non-hydrogen) atoms. The molecule has 1 fully saturated rings. The van der Waals surface area contributed by atoms with Crippen molar-refractivity contribution in [3.8, 4) is 0 Å². The molecule has 1 aromatic carbocycles. The van der Waals surface area contributed by atoms with Crippen molar-refractivity contribution in [2.24, 2.45) is 0 Å². The van der Waals surface area contributed by atoms with Gasteiger partial charge in [-0.2, -0.15) is 0 Å². The molecule has 1 saturated carbocycles. The van der Waals surface area contributed by atoms with Crippen molar-refractivity contribution in [3.63, 3.8) is 0 Å². The third kappa shape index (κ3) is 6.68. The van der Waals surface area contributed by atoms with Crippen molar-refractivity contribution < 1.29 is 9.18 Å². The summed E-state index contributed by atoms with van der Waals surface area (Å²) >= 11 is 3.62. The number of aryl methyl sites for hydroxylation is 1. The Balaban J connectivity index is 0.00000167. The van der Waals surface area contributed by atoms with Crippen LogP contribution in [-0.2, 0) is 0 Å². The first-order valence-corrected chi connectivity index (χ1v) is 13.3. The van der Waals surface area contributed by atoms with E-state index in [1.54, 1.807) is 20.3 Å². The Bertz CT molecular complexity index is 1110. The fraction of sp³-hybridized carbons (Fsp3) is 0.448. The molecule has 1 aromatic heterocycles. The van der Waals surface area contributed by atoms with Crippen molar-refractivity contribution in [2.75, 3.05) is 33.7 Å². The number of amides is 1. The molecule has 1 aliphatic heterocycles. The van der Waals surface area contributed by atoms with Crippen LogP contribution in [0.3, 0.4) is 0 Å². The Morgan fingerprint density at radius 3 is 2.57 bits per heavy atom. The summed E-state index contributed by atoms with van der Waals surface area (Å²) in [5, 5.41) is 0. The van der Waals surface area contributed by atoms with Gasteiger partial charge in [0.1, 0.15) is 5.82 Å². The summed E-state index contributed by atoms with van der Waals surface area (Å²) < 4.78 is 16.3. The summed E-state index contributed by atoms with van der Waals surface area (Å²) in [5.41, 5.74) is 6.64. The molecule has 188 valence electrons. The maximum Gasteiger partial charge on any atom is 0.253 e. The van der Waals surface area contributed by atoms with Crippen LogP contribution in [0.5, 0.6) is 0 Å². The molecule has 2 aromatic rings. The van der Waals surface area contributed by atoms with Gasteiger partial charge in [0.25, 0.3) is 5.91 Å². The van der Waals surface area contributed by atoms with Gasteiger partial charge in [-0.25, -0.2) is 4.39 Å². The van der Waals surface area contributed by atoms with Crippen LogP contribution in [0.15, 0.2) is 40.5 Å². The van der Waals surface area contributed by atoms with Crippen molar-refractivity contribution in [3.05, 3.63) is 74.3 Å². The molecule has 0 N–H and O–H groups in total. The Morgan fingerprint density at radius 2 is 2.00 bits per heavy atom. The van der Waals surface area contributed by atoms with Gasteiger partial charge < -0.3 is 4.90 Å². The molecule has 1 aliphatic carbocycles. The molecule has 2 heterocycles. The molecule has 6 heteroatoms. The van der Waals surface area contributed by atoms with Crippen LogP contribution in [0.2, 0.25) is 0 Å². The van der Waals surface area contributed by atoms with Crippen molar-refractivity contribution in [1.82, 2.24) is 14.8 Å². The van der Waals surface area contributed by atoms with E-state index in [-0.39, 0.29) is 11.7 Å². The van der Waals surface area contributed by atoms with Crippen LogP contribution in [0, 0.1) is 12.7 Å². The number of rotatable bonds is 6. The molecule has 4 nitrogen and oxygen atoms in total. The highest BCUT2D eigenvalue weighted by atomic mass is 79.9. The maximum absolute atomic E-state index is 15.3. The van der Waals surface area contributed by atoms with Gasteiger partial charge in [0, 0.05) is 66.8 Å². The number of carbonyl (C=O) groups is 1. The predicted molar refractivity (Wildman–Crippen MR) is 147 cm³/mol. The van der Waals surface area contributed by atoms with E-state index in [0.29, 0.717) is 11.5 Å². The predicted octanol–water partition coefficient (Wildman–Crippen LogP) is 7.09. The van der Waals surface area contributed by atoms with E-state index in [1.807, 2.05) is 32.9 Å². The van der Waals surface area contributed by atoms with Gasteiger partial charge in [0.2, 0.25) is 0 Å². The Hall–Kier alpha value is -2.31. The molecule has 1 amide bonds. The number of hydrogen-bond acceptors (Lipinski definition) is 3. The van der Waals surface area contributed by atoms with Gasteiger partial charge in [-0.05, 0) is 68.4 Å². The summed E-state index contributed by atoms with van der Waals surface area (Å²) in [6.45, 7) is 10.7. The minimum atomic E-state index is -0.266.